The highest BCUT2D eigenvalue weighted by Crippen LogP contribution is 2.38. The molecule has 0 aliphatic rings. The van der Waals surface area contributed by atoms with Gasteiger partial charge in [0.05, 0.1) is 39.9 Å². The Bertz CT molecular complexity index is 1780. The quantitative estimate of drug-likeness (QED) is 0.0272. The number of likely N-dealkylation sites (N-methyl/N-ethyl adjacent to an activating group) is 1. The predicted octanol–water partition coefficient (Wildman–Crippen LogP) is 21.8. The van der Waals surface area contributed by atoms with Crippen LogP contribution < -0.4 is 10.2 Å². The van der Waals surface area contributed by atoms with Crippen molar-refractivity contribution in [2.24, 2.45) is 0 Å². The molecule has 0 bridgehead atoms. The number of quaternary nitrogens is 1. The Hall–Kier alpha value is -3.10. The number of nitrogens with zero attached hydrogens (tertiary/aromatic N) is 1. The van der Waals surface area contributed by atoms with Gasteiger partial charge in [-0.05, 0) is 89.9 Å². The van der Waals surface area contributed by atoms with Crippen LogP contribution in [0.15, 0.2) is 122 Å². The Balaban J connectivity index is 4.15. The third kappa shape index (κ3) is 66.4. The SMILES string of the molecule is CC/C=C\C/C=C\C/C=C\C/C=C\C/C=C\C/C=C\C/C=C\C/C=C\C/C=C\C/C=C\CCCCCCCCC(=O)NC(COP(=O)([O-])OCC[N+](C)(C)C)C(O)CCCCCCCCCCCCCCCCCCCCCCCCCCC. The Morgan fingerprint density at radius 3 is 1.06 bits per heavy atom. The van der Waals surface area contributed by atoms with E-state index in [0.29, 0.717) is 23.9 Å². The lowest BCUT2D eigenvalue weighted by molar-refractivity contribution is -0.870. The second kappa shape index (κ2) is 64.4. The Morgan fingerprint density at radius 1 is 0.429 bits per heavy atom. The van der Waals surface area contributed by atoms with Gasteiger partial charge >= 0.3 is 0 Å². The lowest BCUT2D eigenvalue weighted by atomic mass is 10.0. The maximum Gasteiger partial charge on any atom is 0.268 e. The number of amides is 1. The van der Waals surface area contributed by atoms with Crippen LogP contribution in [0.1, 0.15) is 296 Å². The van der Waals surface area contributed by atoms with Gasteiger partial charge in [-0.3, -0.25) is 9.36 Å². The van der Waals surface area contributed by atoms with Gasteiger partial charge in [0.1, 0.15) is 13.2 Å². The molecule has 0 saturated heterocycles. The Morgan fingerprint density at radius 2 is 0.726 bits per heavy atom. The zero-order valence-corrected chi connectivity index (χ0v) is 56.2. The van der Waals surface area contributed by atoms with E-state index in [2.05, 4.69) is 141 Å². The third-order valence-corrected chi connectivity index (χ3v) is 16.2. The molecule has 3 unspecified atom stereocenters. The molecular weight excluding hydrogens is 1060 g/mol. The molecule has 0 spiro atoms. The highest BCUT2D eigenvalue weighted by Gasteiger charge is 2.24. The number of carbonyl (C=O) groups is 1. The van der Waals surface area contributed by atoms with Crippen molar-refractivity contribution >= 4 is 13.7 Å². The van der Waals surface area contributed by atoms with Gasteiger partial charge in [-0.15, -0.1) is 0 Å². The van der Waals surface area contributed by atoms with Crippen LogP contribution in [-0.2, 0) is 18.4 Å². The molecule has 8 nitrogen and oxygen atoms in total. The average molecular weight is 1190 g/mol. The molecule has 84 heavy (non-hydrogen) atoms. The number of nitrogens with one attached hydrogen (secondary N) is 1. The normalized spacial score (nSPS) is 14.4. The van der Waals surface area contributed by atoms with Crippen LogP contribution in [0.25, 0.3) is 0 Å². The number of rotatable bonds is 63. The molecule has 0 aromatic carbocycles. The summed E-state index contributed by atoms with van der Waals surface area (Å²) in [7, 11) is 1.29. The molecule has 0 aromatic heterocycles. The van der Waals surface area contributed by atoms with Crippen LogP contribution in [0.5, 0.6) is 0 Å². The first kappa shape index (κ1) is 80.9. The number of phosphoric acid groups is 1. The summed E-state index contributed by atoms with van der Waals surface area (Å²) >= 11 is 0. The fourth-order valence-corrected chi connectivity index (χ4v) is 10.6. The summed E-state index contributed by atoms with van der Waals surface area (Å²) in [6.45, 7) is 4.62. The average Bonchev–Trinajstić information content (AvgIpc) is 3.56. The van der Waals surface area contributed by atoms with Crippen LogP contribution in [0, 0.1) is 0 Å². The van der Waals surface area contributed by atoms with E-state index in [-0.39, 0.29) is 19.1 Å². The van der Waals surface area contributed by atoms with E-state index in [4.69, 9.17) is 9.05 Å². The molecule has 0 saturated carbocycles. The number of aliphatic hydroxyl groups is 1. The second-order valence-electron chi connectivity index (χ2n) is 24.5. The molecule has 0 heterocycles. The molecule has 3 atom stereocenters. The van der Waals surface area contributed by atoms with Gasteiger partial charge in [-0.2, -0.15) is 0 Å². The molecule has 0 fully saturated rings. The lowest BCUT2D eigenvalue weighted by Crippen LogP contribution is -2.46. The monoisotopic (exact) mass is 1190 g/mol. The largest absolute Gasteiger partial charge is 0.756 e. The minimum atomic E-state index is -4.59. The first-order valence-electron chi connectivity index (χ1n) is 34.9. The minimum Gasteiger partial charge on any atom is -0.756 e. The highest BCUT2D eigenvalue weighted by atomic mass is 31.2. The smallest absolute Gasteiger partial charge is 0.268 e. The van der Waals surface area contributed by atoms with Crippen LogP contribution in [-0.4, -0.2) is 68.5 Å². The van der Waals surface area contributed by atoms with Gasteiger partial charge in [0.2, 0.25) is 5.91 Å². The number of phosphoric ester groups is 1. The maximum atomic E-state index is 13.1. The standard InChI is InChI=1S/C75H133N2O6P/c1-6-8-10-12-14-16-18-20-22-24-26-28-30-32-33-34-35-36-37-38-39-40-41-42-43-45-47-49-51-53-55-57-59-61-63-65-67-69-75(79)76-73(72-83-84(80,81)82-71-70-77(3,4)5)74(78)68-66-64-62-60-58-56-54-52-50-48-46-44-31-29-27-25-23-21-19-17-15-13-11-9-7-2/h8,10,14,16,20,22,26,28,32-33,35-36,38-39,41-42,45,47,51,53,73-74,78H,6-7,9,11-13,15,17-19,21,23-25,27,29-31,34,37,40,43-44,46,48-50,52,54-72H2,1-5H3,(H-,76,79,80,81)/b10-8-,16-14-,22-20-,28-26-,33-32-,36-35-,39-38-,42-41-,47-45-,53-51-. The molecule has 0 aromatic rings. The van der Waals surface area contributed by atoms with E-state index in [1.807, 2.05) is 21.1 Å². The third-order valence-electron chi connectivity index (χ3n) is 15.2. The van der Waals surface area contributed by atoms with Gasteiger partial charge < -0.3 is 28.8 Å². The van der Waals surface area contributed by atoms with Gasteiger partial charge in [0.15, 0.2) is 0 Å². The lowest BCUT2D eigenvalue weighted by Gasteiger charge is -2.30. The van der Waals surface area contributed by atoms with Crippen LogP contribution in [0.2, 0.25) is 0 Å². The summed E-state index contributed by atoms with van der Waals surface area (Å²) in [5.41, 5.74) is 0. The van der Waals surface area contributed by atoms with E-state index >= 15 is 0 Å². The number of aliphatic hydroxyl groups excluding tert-OH is 1. The highest BCUT2D eigenvalue weighted by molar-refractivity contribution is 7.45. The Kier molecular flexibility index (Phi) is 62.0. The molecule has 0 aliphatic carbocycles. The number of hydrogen-bond donors (Lipinski definition) is 2. The summed E-state index contributed by atoms with van der Waals surface area (Å²) in [5.74, 6) is -0.181. The zero-order chi connectivity index (χ0) is 61.2. The minimum absolute atomic E-state index is 0.00351. The van der Waals surface area contributed by atoms with Crippen molar-refractivity contribution in [3.63, 3.8) is 0 Å². The molecule has 9 heteroatoms. The summed E-state index contributed by atoms with van der Waals surface area (Å²) < 4.78 is 23.5. The van der Waals surface area contributed by atoms with Crippen molar-refractivity contribution in [2.45, 2.75) is 309 Å². The first-order chi connectivity index (χ1) is 41.0. The molecule has 2 N–H and O–H groups in total. The number of hydrogen-bond acceptors (Lipinski definition) is 6. The fourth-order valence-electron chi connectivity index (χ4n) is 9.84. The summed E-state index contributed by atoms with van der Waals surface area (Å²) in [5, 5.41) is 14.1. The summed E-state index contributed by atoms with van der Waals surface area (Å²) in [6, 6.07) is -0.819. The van der Waals surface area contributed by atoms with Gasteiger partial charge in [-0.1, -0.05) is 322 Å². The van der Waals surface area contributed by atoms with Gasteiger partial charge in [-0.25, -0.2) is 0 Å². The maximum absolute atomic E-state index is 13.1. The van der Waals surface area contributed by atoms with E-state index in [1.54, 1.807) is 0 Å². The molecule has 484 valence electrons. The molecule has 0 radical (unpaired) electrons. The Labute approximate surface area is 520 Å². The number of unbranched alkanes of at least 4 members (excludes halogenated alkanes) is 30. The van der Waals surface area contributed by atoms with E-state index in [1.165, 1.54) is 154 Å². The van der Waals surface area contributed by atoms with E-state index in [9.17, 15) is 19.4 Å². The van der Waals surface area contributed by atoms with E-state index in [0.717, 1.165) is 116 Å². The fraction of sp³-hybridized carbons (Fsp3) is 0.720. The number of carbonyl (C=O) groups excluding carboxylic acids is 1. The van der Waals surface area contributed by atoms with Crippen molar-refractivity contribution in [3.8, 4) is 0 Å². The van der Waals surface area contributed by atoms with E-state index < -0.39 is 20.0 Å². The summed E-state index contributed by atoms with van der Waals surface area (Å²) in [6.07, 6.45) is 95.5. The summed E-state index contributed by atoms with van der Waals surface area (Å²) in [4.78, 5) is 25.7. The number of allylic oxidation sites excluding steroid dienone is 20. The first-order valence-corrected chi connectivity index (χ1v) is 36.3. The molecule has 0 aliphatic heterocycles. The predicted molar refractivity (Wildman–Crippen MR) is 366 cm³/mol. The van der Waals surface area contributed by atoms with Crippen LogP contribution >= 0.6 is 7.82 Å². The van der Waals surface area contributed by atoms with Crippen LogP contribution in [0.3, 0.4) is 0 Å². The van der Waals surface area contributed by atoms with Crippen LogP contribution in [0.4, 0.5) is 0 Å². The van der Waals surface area contributed by atoms with Crippen molar-refractivity contribution in [3.05, 3.63) is 122 Å². The van der Waals surface area contributed by atoms with Crippen molar-refractivity contribution < 1.29 is 32.9 Å². The van der Waals surface area contributed by atoms with Crippen molar-refractivity contribution in [1.29, 1.82) is 0 Å². The van der Waals surface area contributed by atoms with Gasteiger partial charge in [0.25, 0.3) is 7.82 Å². The zero-order valence-electron chi connectivity index (χ0n) is 55.3. The second-order valence-corrected chi connectivity index (χ2v) is 25.9. The van der Waals surface area contributed by atoms with Crippen molar-refractivity contribution in [2.75, 3.05) is 40.9 Å². The molecule has 0 rings (SSSR count). The molecule has 1 amide bonds. The molecular formula is C75H133N2O6P. The van der Waals surface area contributed by atoms with Crippen molar-refractivity contribution in [1.82, 2.24) is 5.32 Å². The van der Waals surface area contributed by atoms with Gasteiger partial charge in [0, 0.05) is 6.42 Å². The topological polar surface area (TPSA) is 108 Å².